The first-order valence-electron chi connectivity index (χ1n) is 13.2. The van der Waals surface area contributed by atoms with Gasteiger partial charge in [-0.05, 0) is 47.9 Å². The molecule has 6 aromatic carbocycles. The van der Waals surface area contributed by atoms with Gasteiger partial charge >= 0.3 is 0 Å². The van der Waals surface area contributed by atoms with Gasteiger partial charge in [0.2, 0.25) is 0 Å². The fraction of sp³-hybridized carbons (Fsp3) is 0. The van der Waals surface area contributed by atoms with Crippen molar-refractivity contribution in [1.82, 2.24) is 14.1 Å². The van der Waals surface area contributed by atoms with Crippen LogP contribution in [0, 0.1) is 0 Å². The highest BCUT2D eigenvalue weighted by Crippen LogP contribution is 2.43. The van der Waals surface area contributed by atoms with Crippen molar-refractivity contribution in [3.8, 4) is 10.8 Å². The fourth-order valence-corrected chi connectivity index (χ4v) is 7.32. The van der Waals surface area contributed by atoms with Crippen molar-refractivity contribution in [2.24, 2.45) is 0 Å². The van der Waals surface area contributed by atoms with E-state index in [9.17, 15) is 0 Å². The maximum Gasteiger partial charge on any atom is 0.195 e. The zero-order chi connectivity index (χ0) is 25.5. The van der Waals surface area contributed by atoms with Crippen LogP contribution >= 0.6 is 11.3 Å². The monoisotopic (exact) mass is 515 g/mol. The van der Waals surface area contributed by atoms with E-state index in [4.69, 9.17) is 4.98 Å². The molecule has 182 valence electrons. The Hall–Kier alpha value is -4.93. The molecule has 9 aromatic rings. The Labute approximate surface area is 227 Å². The van der Waals surface area contributed by atoms with Crippen molar-refractivity contribution >= 4 is 75.9 Å². The van der Waals surface area contributed by atoms with E-state index < -0.39 is 0 Å². The molecule has 0 spiro atoms. The first-order valence-corrected chi connectivity index (χ1v) is 14.0. The fourth-order valence-electron chi connectivity index (χ4n) is 6.33. The molecule has 3 heterocycles. The molecule has 0 amide bonds. The lowest BCUT2D eigenvalue weighted by Crippen LogP contribution is -1.94. The Bertz CT molecular complexity index is 2360. The first-order chi connectivity index (χ1) is 19.4. The highest BCUT2D eigenvalue weighted by Gasteiger charge is 2.21. The molecule has 0 fully saturated rings. The van der Waals surface area contributed by atoms with E-state index in [1.807, 2.05) is 0 Å². The van der Waals surface area contributed by atoms with Crippen LogP contribution in [0.25, 0.3) is 75.4 Å². The van der Waals surface area contributed by atoms with Crippen molar-refractivity contribution in [2.45, 2.75) is 0 Å². The second kappa shape index (κ2) is 7.79. The van der Waals surface area contributed by atoms with Gasteiger partial charge < -0.3 is 4.57 Å². The third-order valence-corrected chi connectivity index (χ3v) is 8.96. The molecule has 0 atom stereocenters. The summed E-state index contributed by atoms with van der Waals surface area (Å²) in [5.74, 6) is 0. The maximum absolute atomic E-state index is 5.13. The number of hydrogen-bond acceptors (Lipinski definition) is 2. The van der Waals surface area contributed by atoms with Crippen LogP contribution in [0.2, 0.25) is 0 Å². The van der Waals surface area contributed by atoms with Gasteiger partial charge in [0.1, 0.15) is 0 Å². The molecule has 0 aliphatic heterocycles. The van der Waals surface area contributed by atoms with Crippen LogP contribution in [-0.2, 0) is 0 Å². The summed E-state index contributed by atoms with van der Waals surface area (Å²) >= 11 is 1.75. The summed E-state index contributed by atoms with van der Waals surface area (Å²) in [6.07, 6.45) is 0. The molecule has 0 aliphatic carbocycles. The van der Waals surface area contributed by atoms with E-state index in [1.165, 1.54) is 64.8 Å². The third kappa shape index (κ3) is 2.84. The number of rotatable bonds is 2. The molecular weight excluding hydrogens is 494 g/mol. The van der Waals surface area contributed by atoms with Crippen LogP contribution in [0.5, 0.6) is 0 Å². The van der Waals surface area contributed by atoms with Crippen molar-refractivity contribution < 1.29 is 0 Å². The number of benzene rings is 6. The minimum absolute atomic E-state index is 0.999. The Balaban J connectivity index is 1.55. The van der Waals surface area contributed by atoms with Gasteiger partial charge in [0.25, 0.3) is 0 Å². The van der Waals surface area contributed by atoms with Crippen LogP contribution in [0.1, 0.15) is 0 Å². The Morgan fingerprint density at radius 2 is 1.18 bits per heavy atom. The van der Waals surface area contributed by atoms with E-state index in [0.717, 1.165) is 10.6 Å². The van der Waals surface area contributed by atoms with E-state index in [-0.39, 0.29) is 0 Å². The Morgan fingerprint density at radius 3 is 2.03 bits per heavy atom. The average molecular weight is 516 g/mol. The van der Waals surface area contributed by atoms with Crippen LogP contribution in [-0.4, -0.2) is 14.1 Å². The zero-order valence-corrected chi connectivity index (χ0v) is 21.7. The summed E-state index contributed by atoms with van der Waals surface area (Å²) in [6, 6.07) is 45.7. The van der Waals surface area contributed by atoms with Gasteiger partial charge in [-0.1, -0.05) is 96.3 Å². The third-order valence-electron chi connectivity index (χ3n) is 7.94. The van der Waals surface area contributed by atoms with E-state index >= 15 is 0 Å². The normalized spacial score (nSPS) is 12.1. The number of thiazole rings is 1. The predicted octanol–water partition coefficient (Wildman–Crippen LogP) is 9.64. The molecule has 0 radical (unpaired) electrons. The number of nitrogens with zero attached hydrogens (tertiary/aromatic N) is 3. The molecule has 0 bridgehead atoms. The van der Waals surface area contributed by atoms with Gasteiger partial charge in [-0.15, -0.1) is 0 Å². The van der Waals surface area contributed by atoms with Gasteiger partial charge in [0, 0.05) is 32.6 Å². The highest BCUT2D eigenvalue weighted by molar-refractivity contribution is 7.20. The van der Waals surface area contributed by atoms with E-state index in [2.05, 4.69) is 137 Å². The van der Waals surface area contributed by atoms with Crippen LogP contribution in [0.3, 0.4) is 0 Å². The first kappa shape index (κ1) is 21.1. The van der Waals surface area contributed by atoms with Gasteiger partial charge in [-0.3, -0.25) is 4.57 Å². The molecule has 0 N–H and O–H groups in total. The molecule has 3 aromatic heterocycles. The summed E-state index contributed by atoms with van der Waals surface area (Å²) in [6.45, 7) is 0. The summed E-state index contributed by atoms with van der Waals surface area (Å²) in [4.78, 5) is 5.13. The largest absolute Gasteiger partial charge is 0.309 e. The van der Waals surface area contributed by atoms with Crippen LogP contribution < -0.4 is 0 Å². The van der Waals surface area contributed by atoms with Gasteiger partial charge in [0.05, 0.1) is 32.3 Å². The molecule has 0 unspecified atom stereocenters. The smallest absolute Gasteiger partial charge is 0.195 e. The van der Waals surface area contributed by atoms with Crippen molar-refractivity contribution in [3.63, 3.8) is 0 Å². The topological polar surface area (TPSA) is 22.8 Å². The molecule has 39 heavy (non-hydrogen) atoms. The summed E-state index contributed by atoms with van der Waals surface area (Å²) < 4.78 is 5.99. The molecular formula is C35H21N3S. The Morgan fingerprint density at radius 1 is 0.487 bits per heavy atom. The Kier molecular flexibility index (Phi) is 4.21. The van der Waals surface area contributed by atoms with E-state index in [1.54, 1.807) is 11.3 Å². The lowest BCUT2D eigenvalue weighted by Gasteiger charge is -2.10. The molecule has 0 aliphatic rings. The molecule has 3 nitrogen and oxygen atoms in total. The van der Waals surface area contributed by atoms with Gasteiger partial charge in [0.15, 0.2) is 5.13 Å². The quantitative estimate of drug-likeness (QED) is 0.225. The maximum atomic E-state index is 5.13. The zero-order valence-electron chi connectivity index (χ0n) is 20.9. The molecule has 0 saturated heterocycles. The van der Waals surface area contributed by atoms with E-state index in [0.29, 0.717) is 0 Å². The SMILES string of the molecule is c1ccc(-n2c3ccccc3c3c4c(ccc5c6ccccc6n(-c6nc7ccccc7s6)c54)ccc32)cc1. The summed E-state index contributed by atoms with van der Waals surface area (Å²) in [5.41, 5.74) is 7.03. The lowest BCUT2D eigenvalue weighted by molar-refractivity contribution is 1.15. The number of fused-ring (bicyclic) bond motifs is 10. The van der Waals surface area contributed by atoms with Crippen molar-refractivity contribution in [2.75, 3.05) is 0 Å². The number of aromatic nitrogens is 3. The molecule has 4 heteroatoms. The molecule has 9 rings (SSSR count). The van der Waals surface area contributed by atoms with Crippen molar-refractivity contribution in [1.29, 1.82) is 0 Å². The standard InChI is InChI=1S/C35H21N3S/c1-2-10-23(11-3-1)37-29-16-8-5-13-26(29)33-30(37)21-19-22-18-20-25-24-12-4-7-15-28(24)38(34(25)32(22)33)35-36-27-14-6-9-17-31(27)39-35/h1-21H. The van der Waals surface area contributed by atoms with Crippen molar-refractivity contribution in [3.05, 3.63) is 127 Å². The lowest BCUT2D eigenvalue weighted by atomic mass is 10.0. The number of para-hydroxylation sites is 4. The second-order valence-electron chi connectivity index (χ2n) is 10.0. The predicted molar refractivity (Wildman–Crippen MR) is 166 cm³/mol. The van der Waals surface area contributed by atoms with Crippen LogP contribution in [0.4, 0.5) is 0 Å². The van der Waals surface area contributed by atoms with Gasteiger partial charge in [-0.2, -0.15) is 0 Å². The summed E-state index contributed by atoms with van der Waals surface area (Å²) in [7, 11) is 0. The minimum atomic E-state index is 0.999. The van der Waals surface area contributed by atoms with Crippen LogP contribution in [0.15, 0.2) is 127 Å². The molecule has 0 saturated carbocycles. The number of hydrogen-bond donors (Lipinski definition) is 0. The second-order valence-corrected chi connectivity index (χ2v) is 11.0. The minimum Gasteiger partial charge on any atom is -0.309 e. The average Bonchev–Trinajstić information content (AvgIpc) is 3.67. The van der Waals surface area contributed by atoms with Gasteiger partial charge in [-0.25, -0.2) is 4.98 Å². The highest BCUT2D eigenvalue weighted by atomic mass is 32.1. The summed E-state index contributed by atoms with van der Waals surface area (Å²) in [5, 5.41) is 8.54.